The Kier molecular flexibility index (Phi) is 3.93. The summed E-state index contributed by atoms with van der Waals surface area (Å²) in [6, 6.07) is 4.17. The van der Waals surface area contributed by atoms with Crippen LogP contribution in [0.3, 0.4) is 0 Å². The number of amides is 1. The van der Waals surface area contributed by atoms with Gasteiger partial charge in [-0.25, -0.2) is 9.37 Å². The number of rotatable bonds is 3. The normalized spacial score (nSPS) is 10.4. The van der Waals surface area contributed by atoms with Crippen LogP contribution in [0, 0.1) is 5.82 Å². The molecule has 0 saturated heterocycles. The Bertz CT molecular complexity index is 559. The van der Waals surface area contributed by atoms with E-state index >= 15 is 0 Å². The summed E-state index contributed by atoms with van der Waals surface area (Å²) in [6.45, 7) is 1.76. The van der Waals surface area contributed by atoms with Gasteiger partial charge in [-0.3, -0.25) is 9.69 Å². The molecule has 0 spiro atoms. The average Bonchev–Trinajstić information content (AvgIpc) is 2.87. The van der Waals surface area contributed by atoms with Crippen LogP contribution in [0.5, 0.6) is 0 Å². The van der Waals surface area contributed by atoms with Gasteiger partial charge >= 0.3 is 0 Å². The number of hydrogen-bond acceptors (Lipinski definition) is 3. The second-order valence-corrected chi connectivity index (χ2v) is 4.78. The molecule has 1 aromatic heterocycles. The highest BCUT2D eigenvalue weighted by atomic mass is 35.5. The monoisotopic (exact) mass is 284 g/mol. The minimum atomic E-state index is -0.511. The van der Waals surface area contributed by atoms with Crippen molar-refractivity contribution in [1.29, 1.82) is 0 Å². The van der Waals surface area contributed by atoms with E-state index in [2.05, 4.69) is 4.98 Å². The summed E-state index contributed by atoms with van der Waals surface area (Å²) in [4.78, 5) is 17.5. The SMILES string of the molecule is CCC(=O)N(c1ccc(F)c(Cl)c1)c1nccs1. The molecule has 3 nitrogen and oxygen atoms in total. The Balaban J connectivity index is 2.46. The van der Waals surface area contributed by atoms with Gasteiger partial charge in [-0.1, -0.05) is 18.5 Å². The van der Waals surface area contributed by atoms with Crippen molar-refractivity contribution in [3.05, 3.63) is 40.6 Å². The summed E-state index contributed by atoms with van der Waals surface area (Å²) in [7, 11) is 0. The number of benzene rings is 1. The molecule has 1 amide bonds. The van der Waals surface area contributed by atoms with Crippen LogP contribution < -0.4 is 4.90 Å². The lowest BCUT2D eigenvalue weighted by atomic mass is 10.2. The minimum absolute atomic E-state index is 0.0158. The van der Waals surface area contributed by atoms with Gasteiger partial charge in [0, 0.05) is 18.0 Å². The zero-order chi connectivity index (χ0) is 13.1. The molecule has 18 heavy (non-hydrogen) atoms. The number of thiazole rings is 1. The first-order valence-electron chi connectivity index (χ1n) is 5.31. The zero-order valence-corrected chi connectivity index (χ0v) is 11.1. The molecule has 0 saturated carbocycles. The van der Waals surface area contributed by atoms with Gasteiger partial charge in [0.05, 0.1) is 10.7 Å². The number of aromatic nitrogens is 1. The molecule has 0 aliphatic carbocycles. The van der Waals surface area contributed by atoms with E-state index in [1.807, 2.05) is 0 Å². The quantitative estimate of drug-likeness (QED) is 0.853. The highest BCUT2D eigenvalue weighted by Gasteiger charge is 2.19. The molecule has 94 valence electrons. The van der Waals surface area contributed by atoms with Gasteiger partial charge in [0.2, 0.25) is 5.91 Å². The van der Waals surface area contributed by atoms with Crippen LogP contribution in [0.4, 0.5) is 15.2 Å². The first kappa shape index (κ1) is 13.0. The van der Waals surface area contributed by atoms with Gasteiger partial charge < -0.3 is 0 Å². The Morgan fingerprint density at radius 3 is 2.89 bits per heavy atom. The number of nitrogens with zero attached hydrogens (tertiary/aromatic N) is 2. The molecule has 0 aliphatic rings. The van der Waals surface area contributed by atoms with Gasteiger partial charge in [-0.2, -0.15) is 0 Å². The predicted octanol–water partition coefficient (Wildman–Crippen LogP) is 4.01. The summed E-state index contributed by atoms with van der Waals surface area (Å²) in [5.41, 5.74) is 0.517. The predicted molar refractivity (Wildman–Crippen MR) is 71.0 cm³/mol. The van der Waals surface area contributed by atoms with Crippen LogP contribution in [-0.2, 0) is 4.79 Å². The molecule has 2 aromatic rings. The third-order valence-electron chi connectivity index (χ3n) is 2.32. The molecule has 0 aliphatic heterocycles. The van der Waals surface area contributed by atoms with E-state index in [1.165, 1.54) is 34.4 Å². The second kappa shape index (κ2) is 5.46. The smallest absolute Gasteiger partial charge is 0.233 e. The molecular weight excluding hydrogens is 275 g/mol. The first-order valence-corrected chi connectivity index (χ1v) is 6.56. The first-order chi connectivity index (χ1) is 8.63. The number of halogens is 2. The Morgan fingerprint density at radius 1 is 1.56 bits per heavy atom. The molecule has 0 atom stereocenters. The Hall–Kier alpha value is -1.46. The summed E-state index contributed by atoms with van der Waals surface area (Å²) < 4.78 is 13.1. The van der Waals surface area contributed by atoms with E-state index in [0.29, 0.717) is 17.2 Å². The summed E-state index contributed by atoms with van der Waals surface area (Å²) >= 11 is 7.07. The Morgan fingerprint density at radius 2 is 2.33 bits per heavy atom. The van der Waals surface area contributed by atoms with E-state index in [4.69, 9.17) is 11.6 Å². The maximum atomic E-state index is 13.1. The van der Waals surface area contributed by atoms with Crippen molar-refractivity contribution in [2.24, 2.45) is 0 Å². The highest BCUT2D eigenvalue weighted by Crippen LogP contribution is 2.30. The van der Waals surface area contributed by atoms with Crippen LogP contribution in [0.1, 0.15) is 13.3 Å². The summed E-state index contributed by atoms with van der Waals surface area (Å²) in [5, 5.41) is 2.30. The van der Waals surface area contributed by atoms with E-state index in [0.717, 1.165) is 0 Å². The fourth-order valence-electron chi connectivity index (χ4n) is 1.47. The van der Waals surface area contributed by atoms with Crippen LogP contribution in [0.15, 0.2) is 29.8 Å². The third kappa shape index (κ3) is 2.52. The van der Waals surface area contributed by atoms with Gasteiger partial charge in [0.15, 0.2) is 5.13 Å². The van der Waals surface area contributed by atoms with Crippen LogP contribution in [0.25, 0.3) is 0 Å². The van der Waals surface area contributed by atoms with Crippen molar-refractivity contribution in [1.82, 2.24) is 4.98 Å². The van der Waals surface area contributed by atoms with Crippen LogP contribution in [0.2, 0.25) is 5.02 Å². The zero-order valence-electron chi connectivity index (χ0n) is 9.56. The number of hydrogen-bond donors (Lipinski definition) is 0. The minimum Gasteiger partial charge on any atom is -0.274 e. The molecule has 0 radical (unpaired) electrons. The van der Waals surface area contributed by atoms with E-state index in [-0.39, 0.29) is 10.9 Å². The molecule has 6 heteroatoms. The van der Waals surface area contributed by atoms with Crippen molar-refractivity contribution < 1.29 is 9.18 Å². The lowest BCUT2D eigenvalue weighted by molar-refractivity contribution is -0.117. The molecular formula is C12H10ClFN2OS. The lowest BCUT2D eigenvalue weighted by Gasteiger charge is -2.19. The summed E-state index contributed by atoms with van der Waals surface area (Å²) in [5.74, 6) is -0.629. The van der Waals surface area contributed by atoms with Crippen molar-refractivity contribution in [2.45, 2.75) is 13.3 Å². The largest absolute Gasteiger partial charge is 0.274 e. The molecule has 0 bridgehead atoms. The number of anilines is 2. The van der Waals surface area contributed by atoms with Crippen molar-refractivity contribution in [3.63, 3.8) is 0 Å². The number of carbonyl (C=O) groups excluding carboxylic acids is 1. The third-order valence-corrected chi connectivity index (χ3v) is 3.37. The topological polar surface area (TPSA) is 33.2 Å². The van der Waals surface area contributed by atoms with Crippen molar-refractivity contribution in [3.8, 4) is 0 Å². The number of carbonyl (C=O) groups is 1. The maximum absolute atomic E-state index is 13.1. The molecule has 0 fully saturated rings. The van der Waals surface area contributed by atoms with Gasteiger partial charge in [0.25, 0.3) is 0 Å². The molecule has 2 rings (SSSR count). The maximum Gasteiger partial charge on any atom is 0.233 e. The lowest BCUT2D eigenvalue weighted by Crippen LogP contribution is -2.24. The molecule has 1 aromatic carbocycles. The second-order valence-electron chi connectivity index (χ2n) is 3.50. The fourth-order valence-corrected chi connectivity index (χ4v) is 2.32. The Labute approximate surface area is 113 Å². The standard InChI is InChI=1S/C12H10ClFN2OS/c1-2-11(17)16(12-15-5-6-18-12)8-3-4-10(14)9(13)7-8/h3-7H,2H2,1H3. The van der Waals surface area contributed by atoms with Crippen molar-refractivity contribution in [2.75, 3.05) is 4.90 Å². The van der Waals surface area contributed by atoms with Crippen LogP contribution in [-0.4, -0.2) is 10.9 Å². The highest BCUT2D eigenvalue weighted by molar-refractivity contribution is 7.13. The summed E-state index contributed by atoms with van der Waals surface area (Å²) in [6.07, 6.45) is 1.94. The molecule has 0 N–H and O–H groups in total. The van der Waals surface area contributed by atoms with Crippen LogP contribution >= 0.6 is 22.9 Å². The van der Waals surface area contributed by atoms with Gasteiger partial charge in [-0.05, 0) is 18.2 Å². The molecule has 0 unspecified atom stereocenters. The van der Waals surface area contributed by atoms with Crippen molar-refractivity contribution >= 4 is 39.7 Å². The van der Waals surface area contributed by atoms with E-state index in [1.54, 1.807) is 18.5 Å². The molecule has 1 heterocycles. The van der Waals surface area contributed by atoms with Gasteiger partial charge in [0.1, 0.15) is 5.82 Å². The van der Waals surface area contributed by atoms with Gasteiger partial charge in [-0.15, -0.1) is 11.3 Å². The average molecular weight is 285 g/mol. The van der Waals surface area contributed by atoms with E-state index < -0.39 is 5.82 Å². The van der Waals surface area contributed by atoms with E-state index in [9.17, 15) is 9.18 Å². The fraction of sp³-hybridized carbons (Fsp3) is 0.167.